The van der Waals surface area contributed by atoms with Gasteiger partial charge < -0.3 is 14.9 Å². The smallest absolute Gasteiger partial charge is 0.330 e. The SMILES string of the molecule is [N-]=[N+]=N[C@]1(CO)OC(n2ccc(=O)[nH]c2=O)[C@H](Cl)[C@@H]1O. The Morgan fingerprint density at radius 1 is 1.65 bits per heavy atom. The minimum Gasteiger partial charge on any atom is -0.393 e. The Labute approximate surface area is 115 Å². The number of nitrogens with zero attached hydrogens (tertiary/aromatic N) is 4. The van der Waals surface area contributed by atoms with E-state index in [2.05, 4.69) is 10.0 Å². The number of nitrogens with one attached hydrogen (secondary N) is 1. The second-order valence-corrected chi connectivity index (χ2v) is 4.61. The van der Waals surface area contributed by atoms with Gasteiger partial charge in [0, 0.05) is 17.2 Å². The average Bonchev–Trinajstić information content (AvgIpc) is 2.65. The van der Waals surface area contributed by atoms with Gasteiger partial charge in [0.25, 0.3) is 5.56 Å². The summed E-state index contributed by atoms with van der Waals surface area (Å²) in [5, 5.41) is 21.3. The summed E-state index contributed by atoms with van der Waals surface area (Å²) in [7, 11) is 0. The van der Waals surface area contributed by atoms with Crippen molar-refractivity contribution in [2.75, 3.05) is 6.61 Å². The summed E-state index contributed by atoms with van der Waals surface area (Å²) in [6, 6.07) is 1.06. The highest BCUT2D eigenvalue weighted by molar-refractivity contribution is 6.21. The number of halogens is 1. The molecule has 0 amide bonds. The van der Waals surface area contributed by atoms with Gasteiger partial charge in [0.05, 0.1) is 6.61 Å². The zero-order valence-electron chi connectivity index (χ0n) is 9.88. The van der Waals surface area contributed by atoms with Gasteiger partial charge in [0.1, 0.15) is 11.5 Å². The van der Waals surface area contributed by atoms with Gasteiger partial charge in [-0.15, -0.1) is 11.6 Å². The van der Waals surface area contributed by atoms with Gasteiger partial charge in [-0.25, -0.2) is 4.79 Å². The van der Waals surface area contributed by atoms with E-state index in [1.807, 2.05) is 4.98 Å². The molecule has 0 spiro atoms. The lowest BCUT2D eigenvalue weighted by molar-refractivity contribution is -0.124. The van der Waals surface area contributed by atoms with Gasteiger partial charge in [-0.3, -0.25) is 14.3 Å². The molecule has 1 unspecified atom stereocenters. The molecule has 1 aliphatic rings. The molecule has 1 saturated heterocycles. The van der Waals surface area contributed by atoms with E-state index in [4.69, 9.17) is 21.9 Å². The molecule has 2 heterocycles. The van der Waals surface area contributed by atoms with Gasteiger partial charge in [-0.1, -0.05) is 5.11 Å². The van der Waals surface area contributed by atoms with Crippen LogP contribution in [-0.4, -0.2) is 43.6 Å². The van der Waals surface area contributed by atoms with Crippen LogP contribution in [0, 0.1) is 0 Å². The van der Waals surface area contributed by atoms with Gasteiger partial charge in [-0.2, -0.15) is 0 Å². The Balaban J connectivity index is 2.47. The molecular weight excluding hydrogens is 294 g/mol. The summed E-state index contributed by atoms with van der Waals surface area (Å²) in [5.41, 5.74) is 5.07. The Morgan fingerprint density at radius 2 is 2.35 bits per heavy atom. The van der Waals surface area contributed by atoms with Crippen LogP contribution in [0.15, 0.2) is 27.0 Å². The second kappa shape index (κ2) is 5.27. The molecule has 1 aliphatic heterocycles. The van der Waals surface area contributed by atoms with E-state index < -0.39 is 41.3 Å². The topological polar surface area (TPSA) is 153 Å². The number of aromatic amines is 1. The first-order valence-corrected chi connectivity index (χ1v) is 5.87. The van der Waals surface area contributed by atoms with Crippen molar-refractivity contribution in [3.63, 3.8) is 0 Å². The Kier molecular flexibility index (Phi) is 3.84. The van der Waals surface area contributed by atoms with Crippen molar-refractivity contribution >= 4 is 11.6 Å². The largest absolute Gasteiger partial charge is 0.393 e. The summed E-state index contributed by atoms with van der Waals surface area (Å²) >= 11 is 5.95. The molecule has 10 nitrogen and oxygen atoms in total. The fraction of sp³-hybridized carbons (Fsp3) is 0.556. The minimum absolute atomic E-state index is 0.612. The first-order chi connectivity index (χ1) is 9.45. The third-order valence-electron chi connectivity index (χ3n) is 2.93. The van der Waals surface area contributed by atoms with Crippen LogP contribution in [0.3, 0.4) is 0 Å². The van der Waals surface area contributed by atoms with Gasteiger partial charge in [-0.05, 0) is 5.53 Å². The zero-order chi connectivity index (χ0) is 14.9. The quantitative estimate of drug-likeness (QED) is 0.284. The van der Waals surface area contributed by atoms with Crippen LogP contribution in [0.4, 0.5) is 0 Å². The molecule has 3 N–H and O–H groups in total. The maximum atomic E-state index is 11.7. The molecule has 1 aromatic rings. The van der Waals surface area contributed by atoms with Crippen molar-refractivity contribution in [3.8, 4) is 0 Å². The van der Waals surface area contributed by atoms with E-state index in [1.165, 1.54) is 0 Å². The molecule has 20 heavy (non-hydrogen) atoms. The van der Waals surface area contributed by atoms with Crippen LogP contribution >= 0.6 is 11.6 Å². The average molecular weight is 304 g/mol. The number of aliphatic hydroxyl groups is 2. The van der Waals surface area contributed by atoms with Crippen molar-refractivity contribution in [2.24, 2.45) is 5.11 Å². The van der Waals surface area contributed by atoms with E-state index in [-0.39, 0.29) is 0 Å². The number of alkyl halides is 1. The van der Waals surface area contributed by atoms with Crippen LogP contribution < -0.4 is 11.2 Å². The highest BCUT2D eigenvalue weighted by atomic mass is 35.5. The summed E-state index contributed by atoms with van der Waals surface area (Å²) in [6.45, 7) is -0.823. The molecule has 0 aliphatic carbocycles. The lowest BCUT2D eigenvalue weighted by Gasteiger charge is -2.23. The number of hydrogen-bond donors (Lipinski definition) is 3. The maximum Gasteiger partial charge on any atom is 0.330 e. The monoisotopic (exact) mass is 303 g/mol. The molecule has 0 saturated carbocycles. The molecule has 0 radical (unpaired) electrons. The van der Waals surface area contributed by atoms with Crippen LogP contribution in [0.1, 0.15) is 6.23 Å². The first kappa shape index (κ1) is 14.6. The van der Waals surface area contributed by atoms with Crippen LogP contribution in [-0.2, 0) is 4.74 Å². The summed E-state index contributed by atoms with van der Waals surface area (Å²) in [5.74, 6) is 0. The van der Waals surface area contributed by atoms with Crippen molar-refractivity contribution < 1.29 is 14.9 Å². The first-order valence-electron chi connectivity index (χ1n) is 5.44. The normalized spacial score (nSPS) is 32.9. The third-order valence-corrected chi connectivity index (χ3v) is 3.38. The highest BCUT2D eigenvalue weighted by Crippen LogP contribution is 2.40. The molecule has 1 aromatic heterocycles. The molecule has 1 fully saturated rings. The highest BCUT2D eigenvalue weighted by Gasteiger charge is 2.54. The second-order valence-electron chi connectivity index (χ2n) is 4.11. The fourth-order valence-corrected chi connectivity index (χ4v) is 2.28. The van der Waals surface area contributed by atoms with Gasteiger partial charge in [0.15, 0.2) is 12.0 Å². The summed E-state index contributed by atoms with van der Waals surface area (Å²) in [6.07, 6.45) is -1.63. The van der Waals surface area contributed by atoms with Crippen molar-refractivity contribution in [1.29, 1.82) is 0 Å². The Bertz CT molecular complexity index is 667. The third kappa shape index (κ3) is 2.19. The van der Waals surface area contributed by atoms with E-state index in [0.29, 0.717) is 0 Å². The molecule has 2 rings (SSSR count). The Hall–Kier alpha value is -1.84. The zero-order valence-corrected chi connectivity index (χ0v) is 10.6. The van der Waals surface area contributed by atoms with E-state index in [9.17, 15) is 19.8 Å². The van der Waals surface area contributed by atoms with Crippen LogP contribution in [0.2, 0.25) is 0 Å². The number of aromatic nitrogens is 2. The van der Waals surface area contributed by atoms with E-state index in [1.54, 1.807) is 0 Å². The number of H-pyrrole nitrogens is 1. The van der Waals surface area contributed by atoms with Gasteiger partial charge >= 0.3 is 5.69 Å². The summed E-state index contributed by atoms with van der Waals surface area (Å²) < 4.78 is 6.18. The lowest BCUT2D eigenvalue weighted by Crippen LogP contribution is -2.43. The lowest BCUT2D eigenvalue weighted by atomic mass is 10.1. The molecule has 108 valence electrons. The van der Waals surface area contributed by atoms with E-state index >= 15 is 0 Å². The molecular formula is C9H10ClN5O5. The van der Waals surface area contributed by atoms with Crippen LogP contribution in [0.5, 0.6) is 0 Å². The van der Waals surface area contributed by atoms with E-state index in [0.717, 1.165) is 16.8 Å². The number of azide groups is 1. The Morgan fingerprint density at radius 3 is 2.90 bits per heavy atom. The van der Waals surface area contributed by atoms with Crippen molar-refractivity contribution in [2.45, 2.75) is 23.4 Å². The van der Waals surface area contributed by atoms with Crippen molar-refractivity contribution in [3.05, 3.63) is 43.5 Å². The van der Waals surface area contributed by atoms with Crippen molar-refractivity contribution in [1.82, 2.24) is 9.55 Å². The molecule has 4 atom stereocenters. The van der Waals surface area contributed by atoms with Crippen LogP contribution in [0.25, 0.3) is 10.4 Å². The number of ether oxygens (including phenoxy) is 1. The molecule has 11 heteroatoms. The van der Waals surface area contributed by atoms with Gasteiger partial charge in [0.2, 0.25) is 0 Å². The fourth-order valence-electron chi connectivity index (χ4n) is 1.91. The molecule has 0 bridgehead atoms. The summed E-state index contributed by atoms with van der Waals surface area (Å²) in [4.78, 5) is 27.1. The maximum absolute atomic E-state index is 11.7. The molecule has 0 aromatic carbocycles. The standard InChI is InChI=1S/C9H10ClN5O5/c10-5-6(18)9(3-16,13-14-11)20-7(5)15-2-1-4(17)12-8(15)19/h1-2,5-7,16,18H,3H2,(H,12,17,19)/t5-,6+,7?,9-/m1/s1. The number of hydrogen-bond acceptors (Lipinski definition) is 6. The number of aliphatic hydroxyl groups excluding tert-OH is 2. The predicted octanol–water partition coefficient (Wildman–Crippen LogP) is -0.967. The number of rotatable bonds is 3. The predicted molar refractivity (Wildman–Crippen MR) is 66.1 cm³/mol. The minimum atomic E-state index is -1.98.